The van der Waals surface area contributed by atoms with Gasteiger partial charge in [-0.1, -0.05) is 18.2 Å². The quantitative estimate of drug-likeness (QED) is 0.832. The number of nitrogen functional groups attached to an aromatic ring is 1. The van der Waals surface area contributed by atoms with E-state index < -0.39 is 10.0 Å². The van der Waals surface area contributed by atoms with E-state index in [4.69, 9.17) is 5.73 Å². The number of benzene rings is 1. The number of hydrogen-bond acceptors (Lipinski definition) is 4. The van der Waals surface area contributed by atoms with Gasteiger partial charge >= 0.3 is 0 Å². The Morgan fingerprint density at radius 1 is 1.19 bits per heavy atom. The molecule has 1 saturated carbocycles. The van der Waals surface area contributed by atoms with Crippen LogP contribution in [0.2, 0.25) is 0 Å². The van der Waals surface area contributed by atoms with Crippen LogP contribution >= 0.6 is 11.3 Å². The lowest BCUT2D eigenvalue weighted by Crippen LogP contribution is -2.33. The molecule has 1 aliphatic carbocycles. The lowest BCUT2D eigenvalue weighted by atomic mass is 10.2. The van der Waals surface area contributed by atoms with Crippen molar-refractivity contribution >= 4 is 27.0 Å². The molecule has 1 aromatic heterocycles. The summed E-state index contributed by atoms with van der Waals surface area (Å²) in [4.78, 5) is 1.09. The van der Waals surface area contributed by atoms with Gasteiger partial charge in [0.2, 0.25) is 10.0 Å². The van der Waals surface area contributed by atoms with Gasteiger partial charge in [0.25, 0.3) is 0 Å². The molecule has 0 amide bonds. The minimum Gasteiger partial charge on any atom is -0.399 e. The number of rotatable bonds is 6. The molecule has 1 aliphatic rings. The molecule has 0 spiro atoms. The Labute approximate surface area is 129 Å². The molecule has 1 fully saturated rings. The van der Waals surface area contributed by atoms with Crippen molar-refractivity contribution in [2.75, 3.05) is 5.73 Å². The maximum absolute atomic E-state index is 12.7. The smallest absolute Gasteiger partial charge is 0.218 e. The Kier molecular flexibility index (Phi) is 4.01. The Morgan fingerprint density at radius 3 is 2.48 bits per heavy atom. The number of sulfonamides is 1. The molecule has 4 nitrogen and oxygen atoms in total. The summed E-state index contributed by atoms with van der Waals surface area (Å²) in [5.41, 5.74) is 7.07. The van der Waals surface area contributed by atoms with Crippen LogP contribution in [0.1, 0.15) is 23.3 Å². The topological polar surface area (TPSA) is 63.4 Å². The Bertz CT molecular complexity index is 690. The van der Waals surface area contributed by atoms with E-state index in [0.29, 0.717) is 12.2 Å². The first kappa shape index (κ1) is 14.6. The van der Waals surface area contributed by atoms with Crippen molar-refractivity contribution in [2.45, 2.75) is 31.2 Å². The molecule has 0 aliphatic heterocycles. The highest BCUT2D eigenvalue weighted by molar-refractivity contribution is 7.88. The maximum atomic E-state index is 12.7. The summed E-state index contributed by atoms with van der Waals surface area (Å²) < 4.78 is 27.0. The summed E-state index contributed by atoms with van der Waals surface area (Å²) in [5.74, 6) is 0.0369. The van der Waals surface area contributed by atoms with Gasteiger partial charge < -0.3 is 5.73 Å². The molecule has 1 heterocycles. The van der Waals surface area contributed by atoms with Gasteiger partial charge in [0.15, 0.2) is 0 Å². The second-order valence-corrected chi connectivity index (χ2v) is 8.31. The minimum atomic E-state index is -3.30. The average Bonchev–Trinajstić information content (AvgIpc) is 3.14. The van der Waals surface area contributed by atoms with Crippen molar-refractivity contribution in [3.8, 4) is 0 Å². The molecule has 2 aromatic rings. The van der Waals surface area contributed by atoms with Crippen LogP contribution < -0.4 is 5.73 Å². The van der Waals surface area contributed by atoms with Crippen LogP contribution in [0, 0.1) is 0 Å². The fourth-order valence-corrected chi connectivity index (χ4v) is 4.85. The average molecular weight is 322 g/mol. The first-order valence-corrected chi connectivity index (χ1v) is 9.40. The van der Waals surface area contributed by atoms with Crippen molar-refractivity contribution in [3.63, 3.8) is 0 Å². The van der Waals surface area contributed by atoms with Crippen molar-refractivity contribution in [1.29, 1.82) is 0 Å². The first-order valence-electron chi connectivity index (χ1n) is 6.91. The van der Waals surface area contributed by atoms with Crippen LogP contribution in [0.3, 0.4) is 0 Å². The Morgan fingerprint density at radius 2 is 1.90 bits per heavy atom. The number of anilines is 1. The van der Waals surface area contributed by atoms with E-state index >= 15 is 0 Å². The van der Waals surface area contributed by atoms with Crippen molar-refractivity contribution in [2.24, 2.45) is 0 Å². The fourth-order valence-electron chi connectivity index (χ4n) is 2.28. The molecule has 112 valence electrons. The monoisotopic (exact) mass is 322 g/mol. The van der Waals surface area contributed by atoms with E-state index in [9.17, 15) is 8.42 Å². The molecule has 0 radical (unpaired) electrons. The highest BCUT2D eigenvalue weighted by Gasteiger charge is 2.37. The minimum absolute atomic E-state index is 0.0369. The van der Waals surface area contributed by atoms with Crippen molar-refractivity contribution in [3.05, 3.63) is 52.2 Å². The Balaban J connectivity index is 1.78. The lowest BCUT2D eigenvalue weighted by Gasteiger charge is -2.21. The molecule has 21 heavy (non-hydrogen) atoms. The van der Waals surface area contributed by atoms with Gasteiger partial charge in [-0.05, 0) is 42.0 Å². The highest BCUT2D eigenvalue weighted by Crippen LogP contribution is 2.32. The van der Waals surface area contributed by atoms with Gasteiger partial charge in [0.05, 0.1) is 5.75 Å². The predicted molar refractivity (Wildman–Crippen MR) is 86.4 cm³/mol. The number of hydrogen-bond donors (Lipinski definition) is 1. The van der Waals surface area contributed by atoms with E-state index in [1.54, 1.807) is 39.9 Å². The lowest BCUT2D eigenvalue weighted by molar-refractivity contribution is 0.401. The van der Waals surface area contributed by atoms with E-state index in [2.05, 4.69) is 0 Å². The summed E-state index contributed by atoms with van der Waals surface area (Å²) in [6, 6.07) is 11.2. The first-order chi connectivity index (χ1) is 10.0. The van der Waals surface area contributed by atoms with Gasteiger partial charge in [0, 0.05) is 23.2 Å². The summed E-state index contributed by atoms with van der Waals surface area (Å²) in [5, 5.41) is 1.98. The van der Waals surface area contributed by atoms with Gasteiger partial charge in [-0.15, -0.1) is 11.3 Å². The van der Waals surface area contributed by atoms with E-state index in [-0.39, 0.29) is 11.8 Å². The van der Waals surface area contributed by atoms with Gasteiger partial charge in [-0.3, -0.25) is 0 Å². The van der Waals surface area contributed by atoms with Gasteiger partial charge in [-0.2, -0.15) is 4.31 Å². The van der Waals surface area contributed by atoms with Crippen LogP contribution in [0.15, 0.2) is 41.8 Å². The zero-order valence-electron chi connectivity index (χ0n) is 11.6. The maximum Gasteiger partial charge on any atom is 0.218 e. The van der Waals surface area contributed by atoms with Crippen molar-refractivity contribution < 1.29 is 8.42 Å². The number of nitrogens with zero attached hydrogens (tertiary/aromatic N) is 1. The van der Waals surface area contributed by atoms with E-state index in [0.717, 1.165) is 23.3 Å². The third-order valence-corrected chi connectivity index (χ3v) is 6.23. The summed E-state index contributed by atoms with van der Waals surface area (Å²) >= 11 is 1.60. The molecule has 0 bridgehead atoms. The van der Waals surface area contributed by atoms with Crippen LogP contribution in [0.25, 0.3) is 0 Å². The summed E-state index contributed by atoms with van der Waals surface area (Å²) in [7, 11) is -3.30. The molecule has 0 atom stereocenters. The predicted octanol–water partition coefficient (Wildman–Crippen LogP) is 2.82. The van der Waals surface area contributed by atoms with Gasteiger partial charge in [-0.25, -0.2) is 8.42 Å². The van der Waals surface area contributed by atoms with Crippen LogP contribution in [-0.2, 0) is 22.3 Å². The second kappa shape index (κ2) is 5.79. The zero-order valence-corrected chi connectivity index (χ0v) is 13.2. The molecule has 0 saturated heterocycles. The summed E-state index contributed by atoms with van der Waals surface area (Å²) in [6.45, 7) is 0.486. The zero-order chi connectivity index (χ0) is 14.9. The van der Waals surface area contributed by atoms with Gasteiger partial charge in [0.1, 0.15) is 0 Å². The fraction of sp³-hybridized carbons (Fsp3) is 0.333. The molecule has 1 aromatic carbocycles. The van der Waals surface area contributed by atoms with E-state index in [1.807, 2.05) is 17.5 Å². The number of thiophene rings is 1. The van der Waals surface area contributed by atoms with Crippen LogP contribution in [0.4, 0.5) is 5.69 Å². The third-order valence-electron chi connectivity index (χ3n) is 3.53. The Hall–Kier alpha value is -1.37. The number of nitrogens with two attached hydrogens (primary N) is 1. The van der Waals surface area contributed by atoms with Crippen molar-refractivity contribution in [1.82, 2.24) is 4.31 Å². The van der Waals surface area contributed by atoms with Crippen LogP contribution in [-0.4, -0.2) is 18.8 Å². The second-order valence-electron chi connectivity index (χ2n) is 5.35. The SMILES string of the molecule is Nc1ccc(CS(=O)(=O)N(Cc2cccs2)C2CC2)cc1. The molecular weight excluding hydrogens is 304 g/mol. The molecular formula is C15H18N2O2S2. The molecule has 2 N–H and O–H groups in total. The standard InChI is InChI=1S/C15H18N2O2S2/c16-13-5-3-12(4-6-13)11-21(18,19)17(14-7-8-14)10-15-2-1-9-20-15/h1-6,9,14H,7-8,10-11,16H2. The van der Waals surface area contributed by atoms with E-state index in [1.165, 1.54) is 0 Å². The molecule has 6 heteroatoms. The summed E-state index contributed by atoms with van der Waals surface area (Å²) in [6.07, 6.45) is 1.93. The largest absolute Gasteiger partial charge is 0.399 e. The highest BCUT2D eigenvalue weighted by atomic mass is 32.2. The normalized spacial score (nSPS) is 15.5. The van der Waals surface area contributed by atoms with Crippen LogP contribution in [0.5, 0.6) is 0 Å². The molecule has 3 rings (SSSR count). The molecule has 0 unspecified atom stereocenters. The third kappa shape index (κ3) is 3.64.